The summed E-state index contributed by atoms with van der Waals surface area (Å²) in [7, 11) is 4.73. The Bertz CT molecular complexity index is 1360. The Morgan fingerprint density at radius 1 is 0.974 bits per heavy atom. The Kier molecular flexibility index (Phi) is 8.99. The summed E-state index contributed by atoms with van der Waals surface area (Å²) in [5.74, 6) is 0.958. The fraction of sp³-hybridized carbons (Fsp3) is 0.333. The molecule has 0 N–H and O–H groups in total. The van der Waals surface area contributed by atoms with E-state index in [0.717, 1.165) is 16.7 Å². The number of amides is 1. The number of hydrogen-bond acceptors (Lipinski definition) is 7. The highest BCUT2D eigenvalue weighted by molar-refractivity contribution is 6.30. The van der Waals surface area contributed by atoms with E-state index < -0.39 is 18.2 Å². The van der Waals surface area contributed by atoms with E-state index in [0.29, 0.717) is 33.5 Å². The molecule has 1 amide bonds. The highest BCUT2D eigenvalue weighted by atomic mass is 35.5. The summed E-state index contributed by atoms with van der Waals surface area (Å²) in [6.07, 6.45) is -2.07. The van der Waals surface area contributed by atoms with Crippen LogP contribution in [0.2, 0.25) is 5.02 Å². The maximum absolute atomic E-state index is 14.1. The van der Waals surface area contributed by atoms with E-state index in [-0.39, 0.29) is 25.5 Å². The molecule has 1 aliphatic rings. The largest absolute Gasteiger partial charge is 0.497 e. The average Bonchev–Trinajstić information content (AvgIpc) is 3.04. The summed E-state index contributed by atoms with van der Waals surface area (Å²) in [5, 5.41) is 0.487. The molecule has 0 radical (unpaired) electrons. The SMILES string of the molecule is CCOC(=O)CC1OC(c2cccc(OC)c2C)c2cc(Cl)ccc2N(Cc2ccc(OC)cc2OC)C1=O. The van der Waals surface area contributed by atoms with Gasteiger partial charge in [-0.05, 0) is 61.4 Å². The Morgan fingerprint density at radius 2 is 1.74 bits per heavy atom. The fourth-order valence-electron chi connectivity index (χ4n) is 4.77. The van der Waals surface area contributed by atoms with Gasteiger partial charge in [0.05, 0.1) is 46.6 Å². The molecule has 0 aliphatic carbocycles. The van der Waals surface area contributed by atoms with Gasteiger partial charge in [0.25, 0.3) is 5.91 Å². The van der Waals surface area contributed by atoms with Gasteiger partial charge in [-0.15, -0.1) is 0 Å². The second-order valence-corrected chi connectivity index (χ2v) is 9.43. The zero-order chi connectivity index (χ0) is 28.1. The molecule has 2 unspecified atom stereocenters. The number of anilines is 1. The lowest BCUT2D eigenvalue weighted by atomic mass is 9.95. The van der Waals surface area contributed by atoms with Crippen molar-refractivity contribution >= 4 is 29.2 Å². The van der Waals surface area contributed by atoms with E-state index >= 15 is 0 Å². The first-order valence-electron chi connectivity index (χ1n) is 12.6. The lowest BCUT2D eigenvalue weighted by Crippen LogP contribution is -2.40. The summed E-state index contributed by atoms with van der Waals surface area (Å²) in [5.41, 5.74) is 3.69. The molecule has 0 aromatic heterocycles. The minimum atomic E-state index is -1.12. The summed E-state index contributed by atoms with van der Waals surface area (Å²) in [4.78, 5) is 28.3. The molecule has 0 saturated heterocycles. The molecule has 3 aromatic carbocycles. The second kappa shape index (κ2) is 12.4. The minimum absolute atomic E-state index is 0.160. The van der Waals surface area contributed by atoms with Crippen LogP contribution in [0.15, 0.2) is 54.6 Å². The van der Waals surface area contributed by atoms with Crippen molar-refractivity contribution < 1.29 is 33.3 Å². The van der Waals surface area contributed by atoms with Gasteiger partial charge in [-0.25, -0.2) is 0 Å². The number of halogens is 1. The van der Waals surface area contributed by atoms with Crippen molar-refractivity contribution in [2.24, 2.45) is 0 Å². The van der Waals surface area contributed by atoms with E-state index in [2.05, 4.69) is 0 Å². The number of carbonyl (C=O) groups is 2. The number of ether oxygens (including phenoxy) is 5. The first kappa shape index (κ1) is 28.3. The summed E-state index contributed by atoms with van der Waals surface area (Å²) in [6.45, 7) is 4.00. The number of carbonyl (C=O) groups excluding carboxylic acids is 2. The van der Waals surface area contributed by atoms with Crippen LogP contribution in [-0.2, 0) is 25.6 Å². The van der Waals surface area contributed by atoms with Gasteiger partial charge in [0.15, 0.2) is 0 Å². The van der Waals surface area contributed by atoms with Crippen LogP contribution >= 0.6 is 11.6 Å². The zero-order valence-electron chi connectivity index (χ0n) is 22.7. The van der Waals surface area contributed by atoms with E-state index in [1.807, 2.05) is 31.2 Å². The van der Waals surface area contributed by atoms with Gasteiger partial charge in [0.2, 0.25) is 0 Å². The molecule has 0 fully saturated rings. The Balaban J connectivity index is 1.88. The molecule has 1 aliphatic heterocycles. The molecule has 3 aromatic rings. The minimum Gasteiger partial charge on any atom is -0.497 e. The normalized spacial score (nSPS) is 16.8. The maximum Gasteiger partial charge on any atom is 0.308 e. The first-order chi connectivity index (χ1) is 18.8. The Labute approximate surface area is 233 Å². The van der Waals surface area contributed by atoms with Gasteiger partial charge in [-0.2, -0.15) is 0 Å². The molecule has 39 heavy (non-hydrogen) atoms. The molecule has 0 spiro atoms. The van der Waals surface area contributed by atoms with Crippen molar-refractivity contribution in [2.45, 2.75) is 39.0 Å². The van der Waals surface area contributed by atoms with E-state index in [4.69, 9.17) is 35.3 Å². The fourth-order valence-corrected chi connectivity index (χ4v) is 4.95. The summed E-state index contributed by atoms with van der Waals surface area (Å²) < 4.78 is 28.2. The van der Waals surface area contributed by atoms with Crippen LogP contribution in [0.4, 0.5) is 5.69 Å². The van der Waals surface area contributed by atoms with Crippen molar-refractivity contribution in [1.82, 2.24) is 0 Å². The molecule has 2 atom stereocenters. The van der Waals surface area contributed by atoms with Crippen LogP contribution in [0.3, 0.4) is 0 Å². The Hall–Kier alpha value is -3.75. The number of methoxy groups -OCH3 is 3. The maximum atomic E-state index is 14.1. The molecular formula is C30H32ClNO7. The van der Waals surface area contributed by atoms with Crippen molar-refractivity contribution in [3.05, 3.63) is 81.9 Å². The zero-order valence-corrected chi connectivity index (χ0v) is 23.4. The topological polar surface area (TPSA) is 83.5 Å². The third-order valence-electron chi connectivity index (χ3n) is 6.71. The second-order valence-electron chi connectivity index (χ2n) is 8.99. The molecule has 4 rings (SSSR count). The lowest BCUT2D eigenvalue weighted by molar-refractivity contribution is -0.151. The number of fused-ring (bicyclic) bond motifs is 1. The van der Waals surface area contributed by atoms with E-state index in [9.17, 15) is 9.59 Å². The quantitative estimate of drug-likeness (QED) is 0.317. The number of hydrogen-bond donors (Lipinski definition) is 0. The molecular weight excluding hydrogens is 522 g/mol. The third-order valence-corrected chi connectivity index (χ3v) is 6.95. The summed E-state index contributed by atoms with van der Waals surface area (Å²) in [6, 6.07) is 16.4. The standard InChI is InChI=1S/C30H32ClNO7/c1-6-38-28(33)16-27-30(34)32(17-19-10-12-21(35-3)15-26(19)37-5)24-13-11-20(31)14-23(24)29(39-27)22-8-7-9-25(36-4)18(22)2/h7-15,27,29H,6,16-17H2,1-5H3. The van der Waals surface area contributed by atoms with Gasteiger partial charge in [0, 0.05) is 22.2 Å². The number of esters is 1. The van der Waals surface area contributed by atoms with Crippen LogP contribution in [-0.4, -0.2) is 45.9 Å². The highest BCUT2D eigenvalue weighted by Crippen LogP contribution is 2.43. The number of rotatable bonds is 9. The van der Waals surface area contributed by atoms with Crippen LogP contribution in [0.1, 0.15) is 41.7 Å². The van der Waals surface area contributed by atoms with Crippen molar-refractivity contribution in [3.63, 3.8) is 0 Å². The van der Waals surface area contributed by atoms with E-state index in [1.165, 1.54) is 0 Å². The average molecular weight is 554 g/mol. The van der Waals surface area contributed by atoms with Crippen molar-refractivity contribution in [1.29, 1.82) is 0 Å². The van der Waals surface area contributed by atoms with E-state index in [1.54, 1.807) is 63.5 Å². The van der Waals surface area contributed by atoms with Gasteiger partial charge in [-0.3, -0.25) is 9.59 Å². The van der Waals surface area contributed by atoms with Crippen LogP contribution in [0, 0.1) is 6.92 Å². The van der Waals surface area contributed by atoms with Crippen LogP contribution in [0.5, 0.6) is 17.2 Å². The van der Waals surface area contributed by atoms with Gasteiger partial charge in [-0.1, -0.05) is 23.7 Å². The van der Waals surface area contributed by atoms with Crippen LogP contribution in [0.25, 0.3) is 0 Å². The number of benzene rings is 3. The van der Waals surface area contributed by atoms with Crippen molar-refractivity contribution in [2.75, 3.05) is 32.8 Å². The van der Waals surface area contributed by atoms with Gasteiger partial charge >= 0.3 is 5.97 Å². The lowest BCUT2D eigenvalue weighted by Gasteiger charge is -2.26. The molecule has 8 nitrogen and oxygen atoms in total. The predicted molar refractivity (Wildman–Crippen MR) is 148 cm³/mol. The van der Waals surface area contributed by atoms with Crippen molar-refractivity contribution in [3.8, 4) is 17.2 Å². The molecule has 9 heteroatoms. The predicted octanol–water partition coefficient (Wildman–Crippen LogP) is 5.65. The summed E-state index contributed by atoms with van der Waals surface area (Å²) >= 11 is 6.48. The first-order valence-corrected chi connectivity index (χ1v) is 12.9. The molecule has 0 bridgehead atoms. The monoisotopic (exact) mass is 553 g/mol. The highest BCUT2D eigenvalue weighted by Gasteiger charge is 2.39. The molecule has 0 saturated carbocycles. The Morgan fingerprint density at radius 3 is 2.44 bits per heavy atom. The van der Waals surface area contributed by atoms with Gasteiger partial charge in [0.1, 0.15) is 29.5 Å². The third kappa shape index (κ3) is 5.97. The smallest absolute Gasteiger partial charge is 0.308 e. The molecule has 1 heterocycles. The molecule has 206 valence electrons. The number of nitrogens with zero attached hydrogens (tertiary/aromatic N) is 1. The van der Waals surface area contributed by atoms with Crippen LogP contribution < -0.4 is 19.1 Å². The van der Waals surface area contributed by atoms with Gasteiger partial charge < -0.3 is 28.6 Å².